The van der Waals surface area contributed by atoms with Crippen LogP contribution in [-0.4, -0.2) is 38.5 Å². The highest BCUT2D eigenvalue weighted by atomic mass is 32.1. The molecule has 0 bridgehead atoms. The van der Waals surface area contributed by atoms with Crippen LogP contribution in [0.25, 0.3) is 10.2 Å². The summed E-state index contributed by atoms with van der Waals surface area (Å²) in [6.45, 7) is 5.19. The summed E-state index contributed by atoms with van der Waals surface area (Å²) >= 11 is 1.76. The number of nitrogens with one attached hydrogen (secondary N) is 1. The highest BCUT2D eigenvalue weighted by Gasteiger charge is 2.10. The number of benzene rings is 1. The molecule has 0 saturated heterocycles. The van der Waals surface area contributed by atoms with E-state index in [4.69, 9.17) is 9.47 Å². The van der Waals surface area contributed by atoms with E-state index in [1.807, 2.05) is 6.07 Å². The second-order valence-corrected chi connectivity index (χ2v) is 5.72. The van der Waals surface area contributed by atoms with Gasteiger partial charge in [0.2, 0.25) is 0 Å². The van der Waals surface area contributed by atoms with Crippen LogP contribution in [0, 0.1) is 0 Å². The number of ether oxygens (including phenoxy) is 2. The lowest BCUT2D eigenvalue weighted by atomic mass is 10.3. The lowest BCUT2D eigenvalue weighted by Gasteiger charge is -2.10. The van der Waals surface area contributed by atoms with Crippen molar-refractivity contribution in [1.82, 2.24) is 10.3 Å². The van der Waals surface area contributed by atoms with Gasteiger partial charge in [0.1, 0.15) is 5.01 Å². The van der Waals surface area contributed by atoms with E-state index in [-0.39, 0.29) is 6.04 Å². The third-order valence-electron chi connectivity index (χ3n) is 3.03. The topological polar surface area (TPSA) is 43.4 Å². The molecule has 20 heavy (non-hydrogen) atoms. The van der Waals surface area contributed by atoms with Crippen molar-refractivity contribution in [2.75, 3.05) is 33.5 Å². The summed E-state index contributed by atoms with van der Waals surface area (Å²) in [6, 6.07) is 8.55. The quantitative estimate of drug-likeness (QED) is 0.722. The van der Waals surface area contributed by atoms with Gasteiger partial charge in [-0.05, 0) is 32.0 Å². The van der Waals surface area contributed by atoms with Crippen LogP contribution in [-0.2, 0) is 9.47 Å². The fourth-order valence-electron chi connectivity index (χ4n) is 1.90. The number of hydrogen-bond donors (Lipinski definition) is 1. The van der Waals surface area contributed by atoms with E-state index in [9.17, 15) is 0 Å². The highest BCUT2D eigenvalue weighted by Crippen LogP contribution is 2.25. The predicted octanol–water partition coefficient (Wildman–Crippen LogP) is 3.00. The Morgan fingerprint density at radius 1 is 1.25 bits per heavy atom. The van der Waals surface area contributed by atoms with E-state index < -0.39 is 0 Å². The van der Waals surface area contributed by atoms with Crippen molar-refractivity contribution < 1.29 is 9.47 Å². The van der Waals surface area contributed by atoms with Crippen molar-refractivity contribution in [3.63, 3.8) is 0 Å². The SMILES string of the molecule is COCCOCCCNC(C)c1nc2ccccc2s1. The molecule has 1 unspecified atom stereocenters. The minimum Gasteiger partial charge on any atom is -0.382 e. The lowest BCUT2D eigenvalue weighted by Crippen LogP contribution is -2.21. The molecule has 2 rings (SSSR count). The van der Waals surface area contributed by atoms with Gasteiger partial charge in [-0.1, -0.05) is 12.1 Å². The minimum atomic E-state index is 0.284. The summed E-state index contributed by atoms with van der Waals surface area (Å²) in [7, 11) is 1.69. The standard InChI is InChI=1S/C15H22N2O2S/c1-12(16-8-5-9-19-11-10-18-2)15-17-13-6-3-4-7-14(13)20-15/h3-4,6-7,12,16H,5,8-11H2,1-2H3. The zero-order valence-electron chi connectivity index (χ0n) is 12.1. The molecule has 0 aliphatic rings. The molecule has 0 fully saturated rings. The zero-order chi connectivity index (χ0) is 14.2. The first-order chi connectivity index (χ1) is 9.81. The number of rotatable bonds is 9. The number of fused-ring (bicyclic) bond motifs is 1. The zero-order valence-corrected chi connectivity index (χ0v) is 12.9. The van der Waals surface area contributed by atoms with Crippen molar-refractivity contribution >= 4 is 21.6 Å². The Balaban J connectivity index is 1.70. The van der Waals surface area contributed by atoms with Crippen molar-refractivity contribution in [2.24, 2.45) is 0 Å². The second-order valence-electron chi connectivity index (χ2n) is 4.65. The molecule has 1 aromatic heterocycles. The number of para-hydroxylation sites is 1. The Hall–Kier alpha value is -1.01. The van der Waals surface area contributed by atoms with Crippen LogP contribution in [0.1, 0.15) is 24.4 Å². The average Bonchev–Trinajstić information content (AvgIpc) is 2.90. The van der Waals surface area contributed by atoms with Crippen LogP contribution in [0.3, 0.4) is 0 Å². The molecule has 0 spiro atoms. The van der Waals surface area contributed by atoms with Gasteiger partial charge < -0.3 is 14.8 Å². The van der Waals surface area contributed by atoms with Crippen LogP contribution in [0.4, 0.5) is 0 Å². The summed E-state index contributed by atoms with van der Waals surface area (Å²) in [5, 5.41) is 4.63. The van der Waals surface area contributed by atoms with E-state index in [2.05, 4.69) is 35.4 Å². The molecule has 0 amide bonds. The number of thiazole rings is 1. The monoisotopic (exact) mass is 294 g/mol. The number of hydrogen-bond acceptors (Lipinski definition) is 5. The Bertz CT molecular complexity index is 482. The molecule has 2 aromatic rings. The third kappa shape index (κ3) is 4.52. The first-order valence-corrected chi connectivity index (χ1v) is 7.78. The third-order valence-corrected chi connectivity index (χ3v) is 4.25. The molecule has 110 valence electrons. The Labute approximate surface area is 124 Å². The van der Waals surface area contributed by atoms with Crippen molar-refractivity contribution in [3.8, 4) is 0 Å². The maximum Gasteiger partial charge on any atom is 0.111 e. The fraction of sp³-hybridized carbons (Fsp3) is 0.533. The van der Waals surface area contributed by atoms with Gasteiger partial charge in [0.25, 0.3) is 0 Å². The summed E-state index contributed by atoms with van der Waals surface area (Å²) < 4.78 is 11.6. The van der Waals surface area contributed by atoms with Crippen LogP contribution in [0.2, 0.25) is 0 Å². The molecule has 0 aliphatic heterocycles. The summed E-state index contributed by atoms with van der Waals surface area (Å²) in [6.07, 6.45) is 0.999. The largest absolute Gasteiger partial charge is 0.382 e. The van der Waals surface area contributed by atoms with E-state index in [1.54, 1.807) is 18.4 Å². The van der Waals surface area contributed by atoms with Gasteiger partial charge in [-0.2, -0.15) is 0 Å². The first-order valence-electron chi connectivity index (χ1n) is 6.97. The van der Waals surface area contributed by atoms with Crippen LogP contribution >= 0.6 is 11.3 Å². The van der Waals surface area contributed by atoms with E-state index in [0.717, 1.165) is 30.1 Å². The molecule has 5 heteroatoms. The molecular weight excluding hydrogens is 272 g/mol. The van der Waals surface area contributed by atoms with Crippen LogP contribution in [0.5, 0.6) is 0 Å². The Morgan fingerprint density at radius 3 is 2.90 bits per heavy atom. The van der Waals surface area contributed by atoms with Gasteiger partial charge in [-0.25, -0.2) is 4.98 Å². The highest BCUT2D eigenvalue weighted by molar-refractivity contribution is 7.18. The summed E-state index contributed by atoms with van der Waals surface area (Å²) in [4.78, 5) is 4.66. The van der Waals surface area contributed by atoms with Crippen LogP contribution < -0.4 is 5.32 Å². The average molecular weight is 294 g/mol. The van der Waals surface area contributed by atoms with Crippen molar-refractivity contribution in [3.05, 3.63) is 29.3 Å². The van der Waals surface area contributed by atoms with Gasteiger partial charge >= 0.3 is 0 Å². The molecule has 4 nitrogen and oxygen atoms in total. The van der Waals surface area contributed by atoms with Crippen molar-refractivity contribution in [2.45, 2.75) is 19.4 Å². The maximum atomic E-state index is 5.43. The van der Waals surface area contributed by atoms with Gasteiger partial charge in [0.05, 0.1) is 29.5 Å². The van der Waals surface area contributed by atoms with Crippen molar-refractivity contribution in [1.29, 1.82) is 0 Å². The lowest BCUT2D eigenvalue weighted by molar-refractivity contribution is 0.0693. The predicted molar refractivity (Wildman–Crippen MR) is 83.3 cm³/mol. The smallest absolute Gasteiger partial charge is 0.111 e. The Morgan fingerprint density at radius 2 is 2.10 bits per heavy atom. The minimum absolute atomic E-state index is 0.284. The van der Waals surface area contributed by atoms with E-state index >= 15 is 0 Å². The van der Waals surface area contributed by atoms with Gasteiger partial charge in [-0.15, -0.1) is 11.3 Å². The summed E-state index contributed by atoms with van der Waals surface area (Å²) in [5.41, 5.74) is 1.09. The van der Waals surface area contributed by atoms with Gasteiger partial charge in [-0.3, -0.25) is 0 Å². The molecule has 1 N–H and O–H groups in total. The Kier molecular flexibility index (Phi) is 6.39. The second kappa shape index (κ2) is 8.32. The first kappa shape index (κ1) is 15.4. The number of aromatic nitrogens is 1. The maximum absolute atomic E-state index is 5.43. The van der Waals surface area contributed by atoms with Gasteiger partial charge in [0, 0.05) is 13.7 Å². The number of methoxy groups -OCH3 is 1. The fourth-order valence-corrected chi connectivity index (χ4v) is 2.89. The normalized spacial score (nSPS) is 12.9. The summed E-state index contributed by atoms with van der Waals surface area (Å²) in [5.74, 6) is 0. The van der Waals surface area contributed by atoms with E-state index in [0.29, 0.717) is 13.2 Å². The van der Waals surface area contributed by atoms with Crippen LogP contribution in [0.15, 0.2) is 24.3 Å². The molecule has 1 atom stereocenters. The molecular formula is C15H22N2O2S. The molecule has 1 heterocycles. The molecule has 0 radical (unpaired) electrons. The van der Waals surface area contributed by atoms with E-state index in [1.165, 1.54) is 4.70 Å². The molecule has 0 aliphatic carbocycles. The van der Waals surface area contributed by atoms with Gasteiger partial charge in [0.15, 0.2) is 0 Å². The molecule has 1 aromatic carbocycles. The number of nitrogens with zero attached hydrogens (tertiary/aromatic N) is 1. The molecule has 0 saturated carbocycles.